The van der Waals surface area contributed by atoms with Gasteiger partial charge in [0.05, 0.1) is 5.71 Å². The van der Waals surface area contributed by atoms with Crippen molar-refractivity contribution >= 4 is 11.7 Å². The summed E-state index contributed by atoms with van der Waals surface area (Å²) < 4.78 is 71.5. The molecule has 0 rings (SSSR count). The molecule has 0 spiro atoms. The van der Waals surface area contributed by atoms with Crippen LogP contribution in [0.25, 0.3) is 0 Å². The van der Waals surface area contributed by atoms with Gasteiger partial charge < -0.3 is 4.84 Å². The van der Waals surface area contributed by atoms with Crippen molar-refractivity contribution in [2.45, 2.75) is 26.2 Å². The summed E-state index contributed by atoms with van der Waals surface area (Å²) in [5.41, 5.74) is 0.0106. The third-order valence-electron chi connectivity index (χ3n) is 1.21. The van der Waals surface area contributed by atoms with E-state index in [1.807, 2.05) is 0 Å². The van der Waals surface area contributed by atoms with Crippen LogP contribution in [0.3, 0.4) is 0 Å². The van der Waals surface area contributed by atoms with E-state index in [9.17, 15) is 31.1 Å². The first-order valence-corrected chi connectivity index (χ1v) is 3.81. The fraction of sp³-hybridized carbons (Fsp3) is 0.714. The number of alkyl halides is 6. The highest BCUT2D eigenvalue weighted by atomic mass is 19.4. The van der Waals surface area contributed by atoms with Gasteiger partial charge in [-0.05, 0) is 13.8 Å². The van der Waals surface area contributed by atoms with Gasteiger partial charge in [0.25, 0.3) is 0 Å². The standard InChI is InChI=1S/C7H7F6NO2/c1-3(2)14-16-5(15)4(6(8,9)10)7(11,12)13/h4H,1-2H3. The van der Waals surface area contributed by atoms with Gasteiger partial charge in [-0.25, -0.2) is 4.79 Å². The Balaban J connectivity index is 4.95. The highest BCUT2D eigenvalue weighted by Gasteiger charge is 2.62. The van der Waals surface area contributed by atoms with E-state index in [4.69, 9.17) is 0 Å². The highest BCUT2D eigenvalue weighted by molar-refractivity contribution is 5.80. The summed E-state index contributed by atoms with van der Waals surface area (Å²) in [4.78, 5) is 14.1. The molecule has 0 aromatic carbocycles. The molecule has 16 heavy (non-hydrogen) atoms. The van der Waals surface area contributed by atoms with Crippen molar-refractivity contribution in [1.82, 2.24) is 0 Å². The van der Waals surface area contributed by atoms with Crippen LogP contribution in [0, 0.1) is 5.92 Å². The lowest BCUT2D eigenvalue weighted by Crippen LogP contribution is -2.42. The Morgan fingerprint density at radius 1 is 1.06 bits per heavy atom. The van der Waals surface area contributed by atoms with Crippen molar-refractivity contribution in [3.05, 3.63) is 0 Å². The molecule has 0 unspecified atom stereocenters. The lowest BCUT2D eigenvalue weighted by atomic mass is 10.1. The minimum atomic E-state index is -5.76. The Kier molecular flexibility index (Phi) is 4.33. The smallest absolute Gasteiger partial charge is 0.317 e. The van der Waals surface area contributed by atoms with Crippen molar-refractivity contribution in [2.75, 3.05) is 0 Å². The van der Waals surface area contributed by atoms with E-state index in [0.29, 0.717) is 0 Å². The fourth-order valence-electron chi connectivity index (χ4n) is 0.642. The molecule has 0 bridgehead atoms. The fourth-order valence-corrected chi connectivity index (χ4v) is 0.642. The summed E-state index contributed by atoms with van der Waals surface area (Å²) in [6.07, 6.45) is -11.5. The van der Waals surface area contributed by atoms with Crippen LogP contribution in [0.5, 0.6) is 0 Å². The van der Waals surface area contributed by atoms with Crippen LogP contribution in [0.1, 0.15) is 13.8 Å². The lowest BCUT2D eigenvalue weighted by molar-refractivity contribution is -0.282. The van der Waals surface area contributed by atoms with Crippen molar-refractivity contribution in [3.63, 3.8) is 0 Å². The number of carbonyl (C=O) groups excluding carboxylic acids is 1. The van der Waals surface area contributed by atoms with E-state index in [1.165, 1.54) is 13.8 Å². The number of nitrogens with zero attached hydrogens (tertiary/aromatic N) is 1. The van der Waals surface area contributed by atoms with E-state index >= 15 is 0 Å². The molecule has 0 N–H and O–H groups in total. The summed E-state index contributed by atoms with van der Waals surface area (Å²) in [5.74, 6) is -6.68. The number of carbonyl (C=O) groups is 1. The maximum atomic E-state index is 11.9. The van der Waals surface area contributed by atoms with Crippen LogP contribution in [0.2, 0.25) is 0 Å². The minimum absolute atomic E-state index is 0.0106. The molecule has 0 heterocycles. The van der Waals surface area contributed by atoms with Crippen molar-refractivity contribution < 1.29 is 36.0 Å². The third-order valence-corrected chi connectivity index (χ3v) is 1.21. The Labute approximate surface area is 86.0 Å². The van der Waals surface area contributed by atoms with Crippen molar-refractivity contribution in [3.8, 4) is 0 Å². The number of hydrogen-bond acceptors (Lipinski definition) is 3. The Morgan fingerprint density at radius 3 is 1.69 bits per heavy atom. The molecule has 0 aromatic rings. The van der Waals surface area contributed by atoms with Gasteiger partial charge in [0.15, 0.2) is 0 Å². The molecule has 0 amide bonds. The molecule has 94 valence electrons. The summed E-state index contributed by atoms with van der Waals surface area (Å²) in [6, 6.07) is 0. The Morgan fingerprint density at radius 2 is 1.44 bits per heavy atom. The predicted octanol–water partition coefficient (Wildman–Crippen LogP) is 2.67. The molecule has 3 nitrogen and oxygen atoms in total. The molecular weight excluding hydrogens is 244 g/mol. The monoisotopic (exact) mass is 251 g/mol. The summed E-state index contributed by atoms with van der Waals surface area (Å²) in [5, 5.41) is 2.74. The minimum Gasteiger partial charge on any atom is -0.317 e. The second-order valence-electron chi connectivity index (χ2n) is 2.97. The number of halogens is 6. The average molecular weight is 251 g/mol. The van der Waals surface area contributed by atoms with Crippen molar-refractivity contribution in [2.24, 2.45) is 11.1 Å². The van der Waals surface area contributed by atoms with Gasteiger partial charge in [-0.3, -0.25) is 0 Å². The van der Waals surface area contributed by atoms with Crippen LogP contribution >= 0.6 is 0 Å². The van der Waals surface area contributed by atoms with Gasteiger partial charge in [0, 0.05) is 0 Å². The molecule has 0 saturated heterocycles. The second-order valence-corrected chi connectivity index (χ2v) is 2.97. The van der Waals surface area contributed by atoms with Crippen LogP contribution in [-0.4, -0.2) is 24.0 Å². The van der Waals surface area contributed by atoms with Gasteiger partial charge in [0.1, 0.15) is 0 Å². The Hall–Kier alpha value is -1.28. The zero-order valence-electron chi connectivity index (χ0n) is 8.11. The van der Waals surface area contributed by atoms with Crippen LogP contribution in [0.15, 0.2) is 5.16 Å². The van der Waals surface area contributed by atoms with Gasteiger partial charge in [0.2, 0.25) is 5.92 Å². The summed E-state index contributed by atoms with van der Waals surface area (Å²) in [6.45, 7) is 2.48. The maximum absolute atomic E-state index is 11.9. The van der Waals surface area contributed by atoms with E-state index in [0.717, 1.165) is 0 Å². The van der Waals surface area contributed by atoms with E-state index in [2.05, 4.69) is 9.99 Å². The second kappa shape index (κ2) is 4.71. The molecule has 0 saturated carbocycles. The molecule has 9 heteroatoms. The number of oxime groups is 1. The largest absolute Gasteiger partial charge is 0.411 e. The van der Waals surface area contributed by atoms with Crippen LogP contribution in [-0.2, 0) is 9.63 Å². The zero-order chi connectivity index (χ0) is 13.1. The van der Waals surface area contributed by atoms with Crippen LogP contribution in [0.4, 0.5) is 26.3 Å². The Bertz CT molecular complexity index is 274. The topological polar surface area (TPSA) is 38.7 Å². The molecular formula is C7H7F6NO2. The van der Waals surface area contributed by atoms with Gasteiger partial charge in [-0.15, -0.1) is 0 Å². The summed E-state index contributed by atoms with van der Waals surface area (Å²) in [7, 11) is 0. The average Bonchev–Trinajstić information content (AvgIpc) is 1.94. The SMILES string of the molecule is CC(C)=NOC(=O)C(C(F)(F)F)C(F)(F)F. The molecule has 0 radical (unpaired) electrons. The summed E-state index contributed by atoms with van der Waals surface area (Å²) >= 11 is 0. The van der Waals surface area contributed by atoms with Gasteiger partial charge in [-0.2, -0.15) is 26.3 Å². The third kappa shape index (κ3) is 4.49. The van der Waals surface area contributed by atoms with Gasteiger partial charge >= 0.3 is 18.3 Å². The van der Waals surface area contributed by atoms with Gasteiger partial charge in [-0.1, -0.05) is 5.16 Å². The normalized spacial score (nSPS) is 12.6. The number of hydrogen-bond donors (Lipinski definition) is 0. The zero-order valence-corrected chi connectivity index (χ0v) is 8.11. The molecule has 0 aliphatic heterocycles. The first-order valence-electron chi connectivity index (χ1n) is 3.81. The van der Waals surface area contributed by atoms with E-state index in [1.54, 1.807) is 0 Å². The number of rotatable bonds is 2. The van der Waals surface area contributed by atoms with Crippen LogP contribution < -0.4 is 0 Å². The predicted molar refractivity (Wildman–Crippen MR) is 40.5 cm³/mol. The first kappa shape index (κ1) is 14.7. The molecule has 0 aromatic heterocycles. The molecule has 0 atom stereocenters. The highest BCUT2D eigenvalue weighted by Crippen LogP contribution is 2.39. The maximum Gasteiger partial charge on any atom is 0.411 e. The van der Waals surface area contributed by atoms with E-state index < -0.39 is 24.2 Å². The molecule has 0 aliphatic carbocycles. The molecule has 0 aliphatic rings. The first-order chi connectivity index (χ1) is 6.96. The lowest BCUT2D eigenvalue weighted by Gasteiger charge is -2.19. The van der Waals surface area contributed by atoms with E-state index in [-0.39, 0.29) is 5.71 Å². The molecule has 0 fully saturated rings. The van der Waals surface area contributed by atoms with Crippen molar-refractivity contribution in [1.29, 1.82) is 0 Å². The quantitative estimate of drug-likeness (QED) is 0.327.